The van der Waals surface area contributed by atoms with Crippen molar-refractivity contribution in [2.75, 3.05) is 25.6 Å². The van der Waals surface area contributed by atoms with Crippen LogP contribution in [0.3, 0.4) is 0 Å². The van der Waals surface area contributed by atoms with E-state index in [1.54, 1.807) is 0 Å². The summed E-state index contributed by atoms with van der Waals surface area (Å²) in [7, 11) is 0. The topological polar surface area (TPSA) is 58.6 Å². The molecule has 6 heteroatoms. The van der Waals surface area contributed by atoms with Crippen LogP contribution in [0.25, 0.3) is 0 Å². The lowest BCUT2D eigenvalue weighted by Gasteiger charge is -2.32. The van der Waals surface area contributed by atoms with Crippen molar-refractivity contribution >= 4 is 23.4 Å². The lowest BCUT2D eigenvalue weighted by molar-refractivity contribution is -0.132. The zero-order valence-corrected chi connectivity index (χ0v) is 18.3. The number of carbonyl (C=O) groups is 2. The highest BCUT2D eigenvalue weighted by Crippen LogP contribution is 2.32. The quantitative estimate of drug-likeness (QED) is 0.698. The summed E-state index contributed by atoms with van der Waals surface area (Å²) >= 11 is 5.65. The third-order valence-electron chi connectivity index (χ3n) is 5.04. The number of carbonyl (C=O) groups excluding carboxylic acids is 2. The summed E-state index contributed by atoms with van der Waals surface area (Å²) < 4.78 is 5.84. The van der Waals surface area contributed by atoms with Gasteiger partial charge in [-0.2, -0.15) is 0 Å². The Balaban J connectivity index is 1.81. The van der Waals surface area contributed by atoms with E-state index < -0.39 is 0 Å². The number of aryl methyl sites for hydroxylation is 1. The summed E-state index contributed by atoms with van der Waals surface area (Å²) in [6, 6.07) is 6.14. The normalized spacial score (nSPS) is 15.4. The summed E-state index contributed by atoms with van der Waals surface area (Å²) in [6.07, 6.45) is 2.76. The number of alkyl halides is 1. The molecule has 156 valence electrons. The highest BCUT2D eigenvalue weighted by Gasteiger charge is 2.24. The van der Waals surface area contributed by atoms with Gasteiger partial charge in [-0.15, -0.1) is 11.6 Å². The van der Waals surface area contributed by atoms with Gasteiger partial charge in [-0.25, -0.2) is 0 Å². The van der Waals surface area contributed by atoms with Crippen molar-refractivity contribution in [2.24, 2.45) is 0 Å². The van der Waals surface area contributed by atoms with Gasteiger partial charge in [0, 0.05) is 31.4 Å². The van der Waals surface area contributed by atoms with Crippen LogP contribution in [0.5, 0.6) is 5.75 Å². The van der Waals surface area contributed by atoms with Crippen molar-refractivity contribution in [3.05, 3.63) is 29.3 Å². The van der Waals surface area contributed by atoms with E-state index in [1.807, 2.05) is 17.0 Å². The van der Waals surface area contributed by atoms with E-state index in [1.165, 1.54) is 5.56 Å². The summed E-state index contributed by atoms with van der Waals surface area (Å²) in [4.78, 5) is 26.2. The molecule has 5 nitrogen and oxygen atoms in total. The molecule has 0 atom stereocenters. The predicted molar refractivity (Wildman–Crippen MR) is 113 cm³/mol. The van der Waals surface area contributed by atoms with E-state index in [0.717, 1.165) is 24.2 Å². The van der Waals surface area contributed by atoms with Gasteiger partial charge in [0.2, 0.25) is 5.91 Å². The Morgan fingerprint density at radius 1 is 1.25 bits per heavy atom. The number of rotatable bonds is 7. The molecule has 1 aliphatic heterocycles. The number of halogens is 1. The van der Waals surface area contributed by atoms with Crippen molar-refractivity contribution in [3.63, 3.8) is 0 Å². The molecule has 1 N–H and O–H groups in total. The molecule has 0 radical (unpaired) electrons. The van der Waals surface area contributed by atoms with Crippen LogP contribution in [0.2, 0.25) is 0 Å². The second-order valence-electron chi connectivity index (χ2n) is 8.55. The molecule has 1 aliphatic rings. The maximum atomic E-state index is 12.3. The molecule has 1 aromatic rings. The molecule has 0 aliphatic carbocycles. The molecule has 1 saturated heterocycles. The van der Waals surface area contributed by atoms with E-state index in [4.69, 9.17) is 16.3 Å². The van der Waals surface area contributed by atoms with E-state index >= 15 is 0 Å². The van der Waals surface area contributed by atoms with E-state index in [0.29, 0.717) is 31.8 Å². The number of hydrogen-bond acceptors (Lipinski definition) is 3. The first-order valence-electron chi connectivity index (χ1n) is 10.1. The number of nitrogens with zero attached hydrogens (tertiary/aromatic N) is 1. The van der Waals surface area contributed by atoms with Gasteiger partial charge < -0.3 is 15.0 Å². The van der Waals surface area contributed by atoms with Gasteiger partial charge in [0.1, 0.15) is 5.75 Å². The van der Waals surface area contributed by atoms with E-state index in [9.17, 15) is 9.59 Å². The summed E-state index contributed by atoms with van der Waals surface area (Å²) in [5, 5.41) is 3.04. The van der Waals surface area contributed by atoms with Crippen LogP contribution in [-0.2, 0) is 15.0 Å². The van der Waals surface area contributed by atoms with Crippen LogP contribution in [0.4, 0.5) is 0 Å². The molecule has 28 heavy (non-hydrogen) atoms. The number of ether oxygens (including phenoxy) is 1. The van der Waals surface area contributed by atoms with Crippen LogP contribution in [-0.4, -0.2) is 48.3 Å². The fourth-order valence-electron chi connectivity index (χ4n) is 3.42. The van der Waals surface area contributed by atoms with Gasteiger partial charge in [0.15, 0.2) is 6.61 Å². The predicted octanol–water partition coefficient (Wildman–Crippen LogP) is 3.80. The van der Waals surface area contributed by atoms with Crippen molar-refractivity contribution in [1.82, 2.24) is 10.2 Å². The van der Waals surface area contributed by atoms with Crippen molar-refractivity contribution in [2.45, 2.75) is 64.8 Å². The molecular formula is C22H33ClN2O3. The van der Waals surface area contributed by atoms with Crippen molar-refractivity contribution in [3.8, 4) is 5.75 Å². The highest BCUT2D eigenvalue weighted by molar-refractivity contribution is 6.17. The largest absolute Gasteiger partial charge is 0.483 e. The Bertz CT molecular complexity index is 677. The van der Waals surface area contributed by atoms with E-state index in [2.05, 4.69) is 39.1 Å². The lowest BCUT2D eigenvalue weighted by atomic mass is 9.85. The summed E-state index contributed by atoms with van der Waals surface area (Å²) in [6.45, 7) is 9.82. The molecule has 1 heterocycles. The van der Waals surface area contributed by atoms with Crippen LogP contribution in [0.15, 0.2) is 18.2 Å². The van der Waals surface area contributed by atoms with Gasteiger partial charge in [0.25, 0.3) is 5.91 Å². The van der Waals surface area contributed by atoms with Gasteiger partial charge >= 0.3 is 0 Å². The number of nitrogens with one attached hydrogen (secondary N) is 1. The van der Waals surface area contributed by atoms with Crippen LogP contribution in [0.1, 0.15) is 57.6 Å². The molecular weight excluding hydrogens is 376 g/mol. The fraction of sp³-hybridized carbons (Fsp3) is 0.636. The summed E-state index contributed by atoms with van der Waals surface area (Å²) in [5.74, 6) is 1.30. The third kappa shape index (κ3) is 6.69. The Morgan fingerprint density at radius 2 is 1.93 bits per heavy atom. The fourth-order valence-corrected chi connectivity index (χ4v) is 3.55. The van der Waals surface area contributed by atoms with Gasteiger partial charge in [-0.3, -0.25) is 9.59 Å². The Kier molecular flexibility index (Phi) is 8.17. The summed E-state index contributed by atoms with van der Waals surface area (Å²) in [5.41, 5.74) is 2.22. The lowest BCUT2D eigenvalue weighted by Crippen LogP contribution is -2.47. The standard InChI is InChI=1S/C22H33ClN2O3/c1-16-7-8-19(18(14-16)22(2,3)4)28-15-20(26)24-17-9-12-25(13-10-17)21(27)6-5-11-23/h7-8,14,17H,5-6,9-13,15H2,1-4H3,(H,24,26). The molecule has 2 rings (SSSR count). The second kappa shape index (κ2) is 10.1. The van der Waals surface area contributed by atoms with Crippen molar-refractivity contribution < 1.29 is 14.3 Å². The molecule has 0 aromatic heterocycles. The maximum absolute atomic E-state index is 12.3. The highest BCUT2D eigenvalue weighted by atomic mass is 35.5. The van der Waals surface area contributed by atoms with Crippen molar-refractivity contribution in [1.29, 1.82) is 0 Å². The average Bonchev–Trinajstić information content (AvgIpc) is 2.65. The first-order chi connectivity index (χ1) is 13.2. The minimum Gasteiger partial charge on any atom is -0.483 e. The molecule has 0 unspecified atom stereocenters. The van der Waals surface area contributed by atoms with Crippen LogP contribution in [0, 0.1) is 6.92 Å². The zero-order chi connectivity index (χ0) is 20.7. The Morgan fingerprint density at radius 3 is 2.54 bits per heavy atom. The minimum atomic E-state index is -0.118. The Hall–Kier alpha value is -1.75. The number of hydrogen-bond donors (Lipinski definition) is 1. The molecule has 2 amide bonds. The average molecular weight is 409 g/mol. The third-order valence-corrected chi connectivity index (χ3v) is 5.31. The molecule has 0 bridgehead atoms. The van der Waals surface area contributed by atoms with Gasteiger partial charge in [-0.1, -0.05) is 38.5 Å². The number of amides is 2. The van der Waals surface area contributed by atoms with Gasteiger partial charge in [-0.05, 0) is 43.2 Å². The van der Waals surface area contributed by atoms with Crippen LogP contribution < -0.4 is 10.1 Å². The molecule has 0 saturated carbocycles. The zero-order valence-electron chi connectivity index (χ0n) is 17.5. The SMILES string of the molecule is Cc1ccc(OCC(=O)NC2CCN(C(=O)CCCCl)CC2)c(C(C)(C)C)c1. The van der Waals surface area contributed by atoms with Crippen LogP contribution >= 0.6 is 11.6 Å². The second-order valence-corrected chi connectivity index (χ2v) is 8.93. The first-order valence-corrected chi connectivity index (χ1v) is 10.6. The first kappa shape index (κ1) is 22.5. The van der Waals surface area contributed by atoms with E-state index in [-0.39, 0.29) is 29.9 Å². The number of piperidine rings is 1. The maximum Gasteiger partial charge on any atom is 0.258 e. The Labute approximate surface area is 173 Å². The minimum absolute atomic E-state index is 0.00100. The molecule has 1 aromatic carbocycles. The molecule has 0 spiro atoms. The number of likely N-dealkylation sites (tertiary alicyclic amines) is 1. The smallest absolute Gasteiger partial charge is 0.258 e. The molecule has 1 fully saturated rings. The number of benzene rings is 1. The monoisotopic (exact) mass is 408 g/mol. The van der Waals surface area contributed by atoms with Gasteiger partial charge in [0.05, 0.1) is 0 Å².